The molecule has 24 heavy (non-hydrogen) atoms. The van der Waals surface area contributed by atoms with Gasteiger partial charge in [-0.15, -0.1) is 24.0 Å². The normalized spacial score (nSPS) is 23.5. The highest BCUT2D eigenvalue weighted by Gasteiger charge is 2.41. The Morgan fingerprint density at radius 3 is 2.54 bits per heavy atom. The molecule has 0 radical (unpaired) electrons. The molecular formula is C18H28IN3O2. The van der Waals surface area contributed by atoms with Gasteiger partial charge in [0.1, 0.15) is 6.10 Å². The molecule has 1 aromatic rings. The molecule has 134 valence electrons. The highest BCUT2D eigenvalue weighted by Crippen LogP contribution is 2.36. The van der Waals surface area contributed by atoms with Crippen molar-refractivity contribution >= 4 is 35.6 Å². The summed E-state index contributed by atoms with van der Waals surface area (Å²) in [7, 11) is 0. The average Bonchev–Trinajstić information content (AvgIpc) is 2.79. The van der Waals surface area contributed by atoms with Crippen molar-refractivity contribution in [3.63, 3.8) is 0 Å². The standard InChI is InChI=1S/C18H27N3O2.HI/c1-14-6-8-15(9-7-14)21-17(19)20-12-16-13-22-18(23-16)10-4-2-3-5-11-18;/h6-9,16H,2-5,10-13H2,1H3,(H3,19,20,21);1H. The summed E-state index contributed by atoms with van der Waals surface area (Å²) in [6.45, 7) is 3.20. The van der Waals surface area contributed by atoms with Gasteiger partial charge in [-0.3, -0.25) is 4.99 Å². The quantitative estimate of drug-likeness (QED) is 0.422. The maximum absolute atomic E-state index is 6.17. The van der Waals surface area contributed by atoms with Crippen LogP contribution in [-0.2, 0) is 9.47 Å². The van der Waals surface area contributed by atoms with Gasteiger partial charge in [0.15, 0.2) is 11.7 Å². The second-order valence-electron chi connectivity index (χ2n) is 6.59. The van der Waals surface area contributed by atoms with Crippen LogP contribution in [-0.4, -0.2) is 31.0 Å². The first-order chi connectivity index (χ1) is 11.2. The van der Waals surface area contributed by atoms with E-state index in [9.17, 15) is 0 Å². The van der Waals surface area contributed by atoms with E-state index in [0.717, 1.165) is 18.5 Å². The lowest BCUT2D eigenvalue weighted by Crippen LogP contribution is -2.31. The first-order valence-electron chi connectivity index (χ1n) is 8.61. The number of benzene rings is 1. The Morgan fingerprint density at radius 1 is 1.21 bits per heavy atom. The maximum atomic E-state index is 6.17. The number of nitrogens with zero attached hydrogens (tertiary/aromatic N) is 1. The first kappa shape index (κ1) is 19.5. The summed E-state index contributed by atoms with van der Waals surface area (Å²) in [5, 5.41) is 3.11. The molecule has 0 amide bonds. The molecule has 1 aromatic carbocycles. The molecule has 1 unspecified atom stereocenters. The minimum atomic E-state index is -0.351. The summed E-state index contributed by atoms with van der Waals surface area (Å²) in [6, 6.07) is 8.07. The van der Waals surface area contributed by atoms with E-state index < -0.39 is 0 Å². The average molecular weight is 445 g/mol. The SMILES string of the molecule is Cc1ccc(NC(N)=NCC2COC3(CCCCCC3)O2)cc1.I. The Balaban J connectivity index is 0.00000208. The molecule has 3 rings (SSSR count). The van der Waals surface area contributed by atoms with Gasteiger partial charge >= 0.3 is 0 Å². The van der Waals surface area contributed by atoms with Gasteiger partial charge in [-0.05, 0) is 31.9 Å². The number of hydrogen-bond donors (Lipinski definition) is 2. The maximum Gasteiger partial charge on any atom is 0.193 e. The van der Waals surface area contributed by atoms with Gasteiger partial charge in [0.05, 0.1) is 13.2 Å². The predicted octanol–water partition coefficient (Wildman–Crippen LogP) is 3.81. The third-order valence-corrected chi connectivity index (χ3v) is 4.57. The zero-order valence-electron chi connectivity index (χ0n) is 14.3. The van der Waals surface area contributed by atoms with Crippen molar-refractivity contribution in [3.8, 4) is 0 Å². The van der Waals surface area contributed by atoms with Crippen LogP contribution in [0.2, 0.25) is 0 Å². The van der Waals surface area contributed by atoms with Crippen LogP contribution in [0, 0.1) is 6.92 Å². The summed E-state index contributed by atoms with van der Waals surface area (Å²) in [4.78, 5) is 4.40. The monoisotopic (exact) mass is 445 g/mol. The molecule has 1 aliphatic carbocycles. The van der Waals surface area contributed by atoms with Crippen molar-refractivity contribution in [2.75, 3.05) is 18.5 Å². The van der Waals surface area contributed by atoms with Gasteiger partial charge in [-0.25, -0.2) is 0 Å². The lowest BCUT2D eigenvalue weighted by molar-refractivity contribution is -0.174. The predicted molar refractivity (Wildman–Crippen MR) is 108 cm³/mol. The number of nitrogens with one attached hydrogen (secondary N) is 1. The molecule has 2 aliphatic rings. The minimum absolute atomic E-state index is 0. The van der Waals surface area contributed by atoms with E-state index in [4.69, 9.17) is 15.2 Å². The fraction of sp³-hybridized carbons (Fsp3) is 0.611. The van der Waals surface area contributed by atoms with Crippen LogP contribution in [0.1, 0.15) is 44.1 Å². The number of rotatable bonds is 3. The van der Waals surface area contributed by atoms with Gasteiger partial charge in [-0.2, -0.15) is 0 Å². The van der Waals surface area contributed by atoms with Gasteiger partial charge in [0.2, 0.25) is 0 Å². The van der Waals surface area contributed by atoms with Gasteiger partial charge < -0.3 is 20.5 Å². The molecule has 2 fully saturated rings. The number of aliphatic imine (C=N–C) groups is 1. The second kappa shape index (κ2) is 9.01. The molecule has 1 saturated heterocycles. The minimum Gasteiger partial charge on any atom is -0.370 e. The molecule has 3 N–H and O–H groups in total. The highest BCUT2D eigenvalue weighted by molar-refractivity contribution is 14.0. The topological polar surface area (TPSA) is 68.9 Å². The lowest BCUT2D eigenvalue weighted by atomic mass is 10.1. The number of nitrogens with two attached hydrogens (primary N) is 1. The van der Waals surface area contributed by atoms with Crippen LogP contribution in [0.15, 0.2) is 29.3 Å². The zero-order valence-corrected chi connectivity index (χ0v) is 16.6. The zero-order chi connectivity index (χ0) is 16.1. The van der Waals surface area contributed by atoms with Crippen LogP contribution < -0.4 is 11.1 Å². The molecule has 1 heterocycles. The Labute approximate surface area is 161 Å². The summed E-state index contributed by atoms with van der Waals surface area (Å²) < 4.78 is 12.2. The highest BCUT2D eigenvalue weighted by atomic mass is 127. The number of aryl methyl sites for hydroxylation is 1. The van der Waals surface area contributed by atoms with Crippen molar-refractivity contribution in [1.29, 1.82) is 0 Å². The van der Waals surface area contributed by atoms with Crippen LogP contribution in [0.4, 0.5) is 5.69 Å². The van der Waals surface area contributed by atoms with Crippen LogP contribution >= 0.6 is 24.0 Å². The van der Waals surface area contributed by atoms with Crippen LogP contribution in [0.5, 0.6) is 0 Å². The number of guanidine groups is 1. The van der Waals surface area contributed by atoms with E-state index in [1.54, 1.807) is 0 Å². The fourth-order valence-electron chi connectivity index (χ4n) is 3.26. The molecule has 0 bridgehead atoms. The smallest absolute Gasteiger partial charge is 0.193 e. The third kappa shape index (κ3) is 5.32. The Kier molecular flexibility index (Phi) is 7.31. The van der Waals surface area contributed by atoms with Crippen molar-refractivity contribution < 1.29 is 9.47 Å². The second-order valence-corrected chi connectivity index (χ2v) is 6.59. The molecule has 1 aliphatic heterocycles. The Hall–Kier alpha value is -0.860. The molecule has 0 aromatic heterocycles. The van der Waals surface area contributed by atoms with E-state index >= 15 is 0 Å². The van der Waals surface area contributed by atoms with E-state index in [1.807, 2.05) is 24.3 Å². The van der Waals surface area contributed by atoms with Crippen molar-refractivity contribution in [2.45, 2.75) is 57.3 Å². The molecule has 1 atom stereocenters. The van der Waals surface area contributed by atoms with Crippen molar-refractivity contribution in [2.24, 2.45) is 10.7 Å². The van der Waals surface area contributed by atoms with Gasteiger partial charge in [0.25, 0.3) is 0 Å². The van der Waals surface area contributed by atoms with E-state index in [1.165, 1.54) is 31.2 Å². The van der Waals surface area contributed by atoms with Gasteiger partial charge in [-0.1, -0.05) is 30.5 Å². The third-order valence-electron chi connectivity index (χ3n) is 4.57. The van der Waals surface area contributed by atoms with Crippen LogP contribution in [0.3, 0.4) is 0 Å². The largest absolute Gasteiger partial charge is 0.370 e. The van der Waals surface area contributed by atoms with Crippen molar-refractivity contribution in [1.82, 2.24) is 0 Å². The Bertz CT molecular complexity index is 540. The number of anilines is 1. The lowest BCUT2D eigenvalue weighted by Gasteiger charge is -2.26. The molecule has 5 nitrogen and oxygen atoms in total. The van der Waals surface area contributed by atoms with Crippen molar-refractivity contribution in [3.05, 3.63) is 29.8 Å². The van der Waals surface area contributed by atoms with E-state index in [2.05, 4.69) is 17.2 Å². The molecule has 6 heteroatoms. The molecular weight excluding hydrogens is 417 g/mol. The van der Waals surface area contributed by atoms with Crippen LogP contribution in [0.25, 0.3) is 0 Å². The summed E-state index contributed by atoms with van der Waals surface area (Å²) >= 11 is 0. The summed E-state index contributed by atoms with van der Waals surface area (Å²) in [6.07, 6.45) is 6.95. The summed E-state index contributed by atoms with van der Waals surface area (Å²) in [5.74, 6) is 0.0646. The van der Waals surface area contributed by atoms with E-state index in [0.29, 0.717) is 19.1 Å². The number of hydrogen-bond acceptors (Lipinski definition) is 3. The summed E-state index contributed by atoms with van der Waals surface area (Å²) in [5.41, 5.74) is 8.12. The Morgan fingerprint density at radius 2 is 1.88 bits per heavy atom. The van der Waals surface area contributed by atoms with E-state index in [-0.39, 0.29) is 35.9 Å². The fourth-order valence-corrected chi connectivity index (χ4v) is 3.26. The first-order valence-corrected chi connectivity index (χ1v) is 8.61. The number of ether oxygens (including phenoxy) is 2. The molecule has 1 saturated carbocycles. The van der Waals surface area contributed by atoms with Gasteiger partial charge in [0, 0.05) is 18.5 Å². The number of halogens is 1. The molecule has 1 spiro atoms.